The van der Waals surface area contributed by atoms with Crippen LogP contribution in [0, 0.1) is 11.3 Å². The summed E-state index contributed by atoms with van der Waals surface area (Å²) in [4.78, 5) is 26.1. The Morgan fingerprint density at radius 1 is 1.07 bits per heavy atom. The molecular weight excluding hydrogens is 425 g/mol. The van der Waals surface area contributed by atoms with Crippen molar-refractivity contribution in [3.63, 3.8) is 0 Å². The van der Waals surface area contributed by atoms with Gasteiger partial charge in [0, 0.05) is 44.7 Å². The molecule has 0 aromatic heterocycles. The molecule has 3 aliphatic heterocycles. The van der Waals surface area contributed by atoms with Crippen molar-refractivity contribution in [2.45, 2.75) is 17.5 Å². The van der Waals surface area contributed by atoms with Crippen LogP contribution in [0.4, 0.5) is 18.0 Å². The Labute approximate surface area is 171 Å². The Balaban J connectivity index is 1.37. The molecule has 0 bridgehead atoms. The highest BCUT2D eigenvalue weighted by Crippen LogP contribution is 2.44. The van der Waals surface area contributed by atoms with Crippen LogP contribution in [0.5, 0.6) is 0 Å². The number of carbonyl (C=O) groups is 2. The molecule has 1 aromatic carbocycles. The maximum atomic E-state index is 13.2. The van der Waals surface area contributed by atoms with Gasteiger partial charge in [-0.3, -0.25) is 4.79 Å². The number of rotatable bonds is 3. The molecule has 1 atom stereocenters. The van der Waals surface area contributed by atoms with Crippen molar-refractivity contribution in [1.82, 2.24) is 14.1 Å². The molecule has 0 radical (unpaired) electrons. The van der Waals surface area contributed by atoms with E-state index in [1.54, 1.807) is 9.80 Å². The Morgan fingerprint density at radius 3 is 2.27 bits per heavy atom. The second-order valence-corrected chi connectivity index (χ2v) is 10.1. The Morgan fingerprint density at radius 2 is 1.70 bits per heavy atom. The number of primary amides is 1. The van der Waals surface area contributed by atoms with Crippen LogP contribution in [-0.4, -0.2) is 73.7 Å². The van der Waals surface area contributed by atoms with Crippen molar-refractivity contribution in [1.29, 1.82) is 0 Å². The Bertz CT molecular complexity index is 983. The smallest absolute Gasteiger partial charge is 0.369 e. The fourth-order valence-corrected chi connectivity index (χ4v) is 6.28. The van der Waals surface area contributed by atoms with Gasteiger partial charge in [0.1, 0.15) is 0 Å². The van der Waals surface area contributed by atoms with Gasteiger partial charge in [0.2, 0.25) is 15.9 Å². The molecule has 1 aromatic rings. The number of hydrogen-bond donors (Lipinski definition) is 1. The number of sulfonamides is 1. The van der Waals surface area contributed by atoms with Crippen LogP contribution in [0.2, 0.25) is 0 Å². The summed E-state index contributed by atoms with van der Waals surface area (Å²) in [5.41, 5.74) is 3.66. The van der Waals surface area contributed by atoms with Gasteiger partial charge in [0.05, 0.1) is 16.4 Å². The SMILES string of the molecule is NC(=O)[C@H]1CCN(C(=O)N2CC3(C2)CN(S(=O)(=O)c2ccccc2C(F)(F)F)C3)C1. The van der Waals surface area contributed by atoms with Gasteiger partial charge in [0.25, 0.3) is 0 Å². The first-order chi connectivity index (χ1) is 13.9. The highest BCUT2D eigenvalue weighted by atomic mass is 32.2. The van der Waals surface area contributed by atoms with Crippen LogP contribution < -0.4 is 5.73 Å². The van der Waals surface area contributed by atoms with Crippen LogP contribution in [-0.2, 0) is 21.0 Å². The summed E-state index contributed by atoms with van der Waals surface area (Å²) in [7, 11) is -4.29. The van der Waals surface area contributed by atoms with E-state index in [9.17, 15) is 31.2 Å². The van der Waals surface area contributed by atoms with Crippen LogP contribution in [0.3, 0.4) is 0 Å². The van der Waals surface area contributed by atoms with E-state index in [0.29, 0.717) is 26.1 Å². The third-order valence-electron chi connectivity index (χ3n) is 6.02. The normalized spacial score (nSPS) is 23.9. The summed E-state index contributed by atoms with van der Waals surface area (Å²) in [5.74, 6) is -0.799. The van der Waals surface area contributed by atoms with Gasteiger partial charge in [0.15, 0.2) is 0 Å². The lowest BCUT2D eigenvalue weighted by Crippen LogP contribution is -2.74. The Kier molecular flexibility index (Phi) is 4.77. The first-order valence-corrected chi connectivity index (χ1v) is 10.9. The lowest BCUT2D eigenvalue weighted by atomic mass is 9.74. The van der Waals surface area contributed by atoms with Crippen molar-refractivity contribution in [2.24, 2.45) is 17.1 Å². The van der Waals surface area contributed by atoms with E-state index >= 15 is 0 Å². The van der Waals surface area contributed by atoms with Crippen LogP contribution in [0.15, 0.2) is 29.2 Å². The molecule has 1 spiro atoms. The molecule has 8 nitrogen and oxygen atoms in total. The van der Waals surface area contributed by atoms with Gasteiger partial charge in [-0.05, 0) is 18.6 Å². The number of benzene rings is 1. The minimum absolute atomic E-state index is 0.0647. The number of nitrogens with two attached hydrogens (primary N) is 1. The summed E-state index contributed by atoms with van der Waals surface area (Å²) in [6, 6.07) is 3.89. The second-order valence-electron chi connectivity index (χ2n) is 8.24. The summed E-state index contributed by atoms with van der Waals surface area (Å²) in [6.07, 6.45) is -4.25. The van der Waals surface area contributed by atoms with Crippen molar-refractivity contribution in [2.75, 3.05) is 39.3 Å². The number of nitrogens with zero attached hydrogens (tertiary/aromatic N) is 3. The first-order valence-electron chi connectivity index (χ1n) is 9.43. The molecule has 2 N–H and O–H groups in total. The molecule has 0 unspecified atom stereocenters. The van der Waals surface area contributed by atoms with Gasteiger partial charge in [-0.15, -0.1) is 0 Å². The third-order valence-corrected chi connectivity index (χ3v) is 7.87. The molecular formula is C18H21F3N4O4S. The van der Waals surface area contributed by atoms with E-state index in [-0.39, 0.29) is 31.6 Å². The number of carbonyl (C=O) groups excluding carboxylic acids is 2. The van der Waals surface area contributed by atoms with Gasteiger partial charge in [-0.1, -0.05) is 12.1 Å². The highest BCUT2D eigenvalue weighted by Gasteiger charge is 2.57. The topological polar surface area (TPSA) is 104 Å². The van der Waals surface area contributed by atoms with Crippen molar-refractivity contribution in [3.8, 4) is 0 Å². The lowest BCUT2D eigenvalue weighted by Gasteiger charge is -2.59. The monoisotopic (exact) mass is 446 g/mol. The number of likely N-dealkylation sites (tertiary alicyclic amines) is 2. The molecule has 0 saturated carbocycles. The van der Waals surface area contributed by atoms with E-state index in [1.165, 1.54) is 6.07 Å². The molecule has 164 valence electrons. The van der Waals surface area contributed by atoms with Crippen LogP contribution in [0.1, 0.15) is 12.0 Å². The maximum absolute atomic E-state index is 13.2. The van der Waals surface area contributed by atoms with E-state index in [4.69, 9.17) is 5.73 Å². The van der Waals surface area contributed by atoms with Gasteiger partial charge < -0.3 is 15.5 Å². The predicted octanol–water partition coefficient (Wildman–Crippen LogP) is 0.939. The second kappa shape index (κ2) is 6.84. The average Bonchev–Trinajstić information content (AvgIpc) is 3.08. The minimum Gasteiger partial charge on any atom is -0.369 e. The number of alkyl halides is 3. The number of urea groups is 1. The zero-order valence-electron chi connectivity index (χ0n) is 15.9. The fraction of sp³-hybridized carbons (Fsp3) is 0.556. The van der Waals surface area contributed by atoms with Crippen molar-refractivity contribution in [3.05, 3.63) is 29.8 Å². The molecule has 3 fully saturated rings. The maximum Gasteiger partial charge on any atom is 0.417 e. The largest absolute Gasteiger partial charge is 0.417 e. The fourth-order valence-electron chi connectivity index (χ4n) is 4.40. The van der Waals surface area contributed by atoms with E-state index in [0.717, 1.165) is 22.5 Å². The van der Waals surface area contributed by atoms with E-state index in [1.807, 2.05) is 0 Å². The third kappa shape index (κ3) is 3.41. The highest BCUT2D eigenvalue weighted by molar-refractivity contribution is 7.89. The van der Waals surface area contributed by atoms with Gasteiger partial charge in [-0.25, -0.2) is 13.2 Å². The molecule has 3 heterocycles. The van der Waals surface area contributed by atoms with Gasteiger partial charge >= 0.3 is 12.2 Å². The number of amides is 3. The predicted molar refractivity (Wildman–Crippen MR) is 98.5 cm³/mol. The minimum atomic E-state index is -4.77. The number of hydrogen-bond acceptors (Lipinski definition) is 4. The van der Waals surface area contributed by atoms with E-state index < -0.39 is 38.0 Å². The van der Waals surface area contributed by atoms with Crippen LogP contribution in [0.25, 0.3) is 0 Å². The molecule has 4 rings (SSSR count). The number of halogens is 3. The molecule has 3 saturated heterocycles. The summed E-state index contributed by atoms with van der Waals surface area (Å²) in [6.45, 7) is 1.49. The zero-order valence-corrected chi connectivity index (χ0v) is 16.7. The Hall–Kier alpha value is -2.34. The van der Waals surface area contributed by atoms with Crippen molar-refractivity contribution < 1.29 is 31.2 Å². The molecule has 0 aliphatic carbocycles. The van der Waals surface area contributed by atoms with Crippen molar-refractivity contribution >= 4 is 22.0 Å². The molecule has 30 heavy (non-hydrogen) atoms. The molecule has 3 aliphatic rings. The van der Waals surface area contributed by atoms with Crippen LogP contribution >= 0.6 is 0 Å². The molecule has 3 amide bonds. The van der Waals surface area contributed by atoms with E-state index in [2.05, 4.69) is 0 Å². The zero-order chi connectivity index (χ0) is 21.9. The first kappa shape index (κ1) is 20.9. The summed E-state index contributed by atoms with van der Waals surface area (Å²) < 4.78 is 66.1. The lowest BCUT2D eigenvalue weighted by molar-refractivity contribution is -0.140. The summed E-state index contributed by atoms with van der Waals surface area (Å²) >= 11 is 0. The molecule has 12 heteroatoms. The standard InChI is InChI=1S/C18H21F3N4O4S/c19-18(20,21)13-3-1-2-4-14(13)30(28,29)25-10-17(11-25)8-24(9-17)16(27)23-6-5-12(7-23)15(22)26/h1-4,12H,5-11H2,(H2,22,26)/t12-/m0/s1. The van der Waals surface area contributed by atoms with Gasteiger partial charge in [-0.2, -0.15) is 17.5 Å². The average molecular weight is 446 g/mol. The quantitative estimate of drug-likeness (QED) is 0.746. The summed E-state index contributed by atoms with van der Waals surface area (Å²) in [5, 5.41) is 0.